The van der Waals surface area contributed by atoms with Gasteiger partial charge in [-0.3, -0.25) is 14.5 Å². The summed E-state index contributed by atoms with van der Waals surface area (Å²) < 4.78 is 20.7. The average Bonchev–Trinajstić information content (AvgIpc) is 3.56. The van der Waals surface area contributed by atoms with Crippen LogP contribution in [0.2, 0.25) is 0 Å². The van der Waals surface area contributed by atoms with Crippen molar-refractivity contribution in [2.75, 3.05) is 13.7 Å². The maximum absolute atomic E-state index is 12.8. The number of rotatable bonds is 7. The minimum absolute atomic E-state index is 0.0154. The topological polar surface area (TPSA) is 116 Å². The highest BCUT2D eigenvalue weighted by atomic mass is 32.2. The van der Waals surface area contributed by atoms with Crippen LogP contribution in [0.25, 0.3) is 17.4 Å². The van der Waals surface area contributed by atoms with E-state index < -0.39 is 23.1 Å². The van der Waals surface area contributed by atoms with Gasteiger partial charge in [-0.2, -0.15) is 0 Å². The second kappa shape index (κ2) is 9.84. The van der Waals surface area contributed by atoms with Crippen molar-refractivity contribution in [3.8, 4) is 11.3 Å². The number of benzene rings is 1. The van der Waals surface area contributed by atoms with Crippen molar-refractivity contribution in [1.82, 2.24) is 4.90 Å². The quantitative estimate of drug-likeness (QED) is 0.348. The molecule has 0 unspecified atom stereocenters. The number of carbonyl (C=O) groups is 4. The van der Waals surface area contributed by atoms with Gasteiger partial charge in [0.2, 0.25) is 5.76 Å². The first-order valence-electron chi connectivity index (χ1n) is 10.2. The third kappa shape index (κ3) is 4.81. The molecule has 1 saturated heterocycles. The zero-order chi connectivity index (χ0) is 24.2. The lowest BCUT2D eigenvalue weighted by atomic mass is 10.1. The van der Waals surface area contributed by atoms with Gasteiger partial charge in [0.1, 0.15) is 17.3 Å². The molecule has 0 spiro atoms. The number of imide groups is 1. The van der Waals surface area contributed by atoms with E-state index >= 15 is 0 Å². The van der Waals surface area contributed by atoms with Crippen molar-refractivity contribution >= 4 is 40.9 Å². The van der Waals surface area contributed by atoms with Gasteiger partial charge in [-0.1, -0.05) is 12.1 Å². The SMILES string of the molecule is CCOC(=O)c1ccc(-c2ccc(C=C3SC(=O)N(Cc4ccc(C(=O)OC)o4)C3=O)o2)cc1. The summed E-state index contributed by atoms with van der Waals surface area (Å²) in [7, 11) is 1.23. The van der Waals surface area contributed by atoms with Crippen molar-refractivity contribution in [2.24, 2.45) is 0 Å². The van der Waals surface area contributed by atoms with Gasteiger partial charge in [-0.05, 0) is 55.1 Å². The molecule has 1 aliphatic heterocycles. The molecule has 2 amide bonds. The molecule has 2 aromatic heterocycles. The summed E-state index contributed by atoms with van der Waals surface area (Å²) in [4.78, 5) is 49.6. The fourth-order valence-corrected chi connectivity index (χ4v) is 3.98. The Kier molecular flexibility index (Phi) is 6.69. The number of nitrogens with zero attached hydrogens (tertiary/aromatic N) is 1. The first kappa shape index (κ1) is 23.1. The first-order valence-corrected chi connectivity index (χ1v) is 11.0. The minimum atomic E-state index is -0.649. The Morgan fingerprint density at radius 3 is 2.47 bits per heavy atom. The number of esters is 2. The van der Waals surface area contributed by atoms with E-state index in [4.69, 9.17) is 13.6 Å². The molecule has 1 fully saturated rings. The molecule has 4 rings (SSSR count). The lowest BCUT2D eigenvalue weighted by Crippen LogP contribution is -2.27. The Morgan fingerprint density at radius 1 is 1.00 bits per heavy atom. The van der Waals surface area contributed by atoms with Gasteiger partial charge in [-0.15, -0.1) is 0 Å². The molecule has 9 nitrogen and oxygen atoms in total. The molecule has 34 heavy (non-hydrogen) atoms. The maximum atomic E-state index is 12.8. The molecular weight excluding hydrogens is 462 g/mol. The number of hydrogen-bond acceptors (Lipinski definition) is 9. The second-order valence-electron chi connectivity index (χ2n) is 7.03. The Morgan fingerprint density at radius 2 is 1.76 bits per heavy atom. The summed E-state index contributed by atoms with van der Waals surface area (Å²) in [6.07, 6.45) is 1.49. The predicted molar refractivity (Wildman–Crippen MR) is 122 cm³/mol. The number of ether oxygens (including phenoxy) is 2. The monoisotopic (exact) mass is 481 g/mol. The van der Waals surface area contributed by atoms with Crippen LogP contribution in [0.5, 0.6) is 0 Å². The van der Waals surface area contributed by atoms with Crippen LogP contribution in [0.3, 0.4) is 0 Å². The maximum Gasteiger partial charge on any atom is 0.373 e. The van der Waals surface area contributed by atoms with E-state index in [9.17, 15) is 19.2 Å². The molecule has 0 radical (unpaired) electrons. The summed E-state index contributed by atoms with van der Waals surface area (Å²) in [5.74, 6) is -0.366. The van der Waals surface area contributed by atoms with Crippen LogP contribution in [0.4, 0.5) is 4.79 Å². The summed E-state index contributed by atoms with van der Waals surface area (Å²) in [5.41, 5.74) is 1.17. The lowest BCUT2D eigenvalue weighted by molar-refractivity contribution is -0.123. The van der Waals surface area contributed by atoms with Crippen molar-refractivity contribution in [3.63, 3.8) is 0 Å². The molecular formula is C24H19NO8S. The van der Waals surface area contributed by atoms with Gasteiger partial charge in [0.25, 0.3) is 11.1 Å². The van der Waals surface area contributed by atoms with Crippen LogP contribution in [0.15, 0.2) is 62.3 Å². The van der Waals surface area contributed by atoms with E-state index in [1.54, 1.807) is 43.3 Å². The minimum Gasteiger partial charge on any atom is -0.463 e. The second-order valence-corrected chi connectivity index (χ2v) is 8.02. The molecule has 0 aliphatic carbocycles. The van der Waals surface area contributed by atoms with Crippen molar-refractivity contribution in [2.45, 2.75) is 13.5 Å². The van der Waals surface area contributed by atoms with Crippen molar-refractivity contribution < 1.29 is 37.5 Å². The normalized spacial score (nSPS) is 14.6. The highest BCUT2D eigenvalue weighted by Gasteiger charge is 2.36. The third-order valence-corrected chi connectivity index (χ3v) is 5.72. The first-order chi connectivity index (χ1) is 16.4. The van der Waals surface area contributed by atoms with Gasteiger partial charge in [0, 0.05) is 11.6 Å². The van der Waals surface area contributed by atoms with Crippen LogP contribution >= 0.6 is 11.8 Å². The Hall–Kier alpha value is -4.05. The van der Waals surface area contributed by atoms with E-state index in [0.717, 1.165) is 22.2 Å². The standard InChI is InChI=1S/C24H19NO8S/c1-3-31-22(27)15-6-4-14(5-7-15)18-10-8-16(32-18)12-20-21(26)25(24(29)34-20)13-17-9-11-19(33-17)23(28)30-2/h4-12H,3,13H2,1-2H3. The highest BCUT2D eigenvalue weighted by molar-refractivity contribution is 8.18. The van der Waals surface area contributed by atoms with Crippen LogP contribution < -0.4 is 0 Å². The fourth-order valence-electron chi connectivity index (χ4n) is 3.17. The lowest BCUT2D eigenvalue weighted by Gasteiger charge is -2.09. The number of furan rings is 2. The molecule has 0 bridgehead atoms. The Bertz CT molecular complexity index is 1280. The highest BCUT2D eigenvalue weighted by Crippen LogP contribution is 2.34. The summed E-state index contributed by atoms with van der Waals surface area (Å²) in [6.45, 7) is 1.92. The van der Waals surface area contributed by atoms with Gasteiger partial charge >= 0.3 is 11.9 Å². The van der Waals surface area contributed by atoms with E-state index in [2.05, 4.69) is 4.74 Å². The van der Waals surface area contributed by atoms with Gasteiger partial charge in [-0.25, -0.2) is 9.59 Å². The van der Waals surface area contributed by atoms with Crippen LogP contribution in [-0.2, 0) is 20.8 Å². The molecule has 3 aromatic rings. The smallest absolute Gasteiger partial charge is 0.373 e. The molecule has 1 aromatic carbocycles. The van der Waals surface area contributed by atoms with Crippen molar-refractivity contribution in [3.05, 3.63) is 76.3 Å². The summed E-state index contributed by atoms with van der Waals surface area (Å²) >= 11 is 0.782. The number of amides is 2. The van der Waals surface area contributed by atoms with E-state index in [1.807, 2.05) is 0 Å². The molecule has 10 heteroatoms. The molecule has 1 aliphatic rings. The zero-order valence-electron chi connectivity index (χ0n) is 18.2. The van der Waals surface area contributed by atoms with Gasteiger partial charge < -0.3 is 18.3 Å². The number of carbonyl (C=O) groups excluding carboxylic acids is 4. The number of methoxy groups -OCH3 is 1. The largest absolute Gasteiger partial charge is 0.463 e. The Balaban J connectivity index is 1.46. The Labute approximate surface area is 198 Å². The van der Waals surface area contributed by atoms with Crippen LogP contribution in [-0.4, -0.2) is 41.7 Å². The average molecular weight is 481 g/mol. The predicted octanol–water partition coefficient (Wildman–Crippen LogP) is 4.74. The third-order valence-electron chi connectivity index (χ3n) is 4.82. The zero-order valence-corrected chi connectivity index (χ0v) is 19.0. The number of hydrogen-bond donors (Lipinski definition) is 0. The summed E-state index contributed by atoms with van der Waals surface area (Å²) in [5, 5.41) is -0.464. The van der Waals surface area contributed by atoms with Gasteiger partial charge in [0.15, 0.2) is 0 Å². The molecule has 174 valence electrons. The molecule has 0 saturated carbocycles. The van der Waals surface area contributed by atoms with E-state index in [-0.39, 0.29) is 23.0 Å². The van der Waals surface area contributed by atoms with Crippen molar-refractivity contribution in [1.29, 1.82) is 0 Å². The molecule has 0 atom stereocenters. The number of thioether (sulfide) groups is 1. The fraction of sp³-hybridized carbons (Fsp3) is 0.167. The van der Waals surface area contributed by atoms with Crippen LogP contribution in [0, 0.1) is 0 Å². The molecule has 3 heterocycles. The van der Waals surface area contributed by atoms with Gasteiger partial charge in [0.05, 0.1) is 30.7 Å². The van der Waals surface area contributed by atoms with E-state index in [1.165, 1.54) is 25.3 Å². The van der Waals surface area contributed by atoms with Crippen LogP contribution in [0.1, 0.15) is 39.4 Å². The molecule has 0 N–H and O–H groups in total. The summed E-state index contributed by atoms with van der Waals surface area (Å²) in [6, 6.07) is 13.1. The van der Waals surface area contributed by atoms with E-state index in [0.29, 0.717) is 23.7 Å².